The fraction of sp³-hybridized carbons (Fsp3) is 0.316. The van der Waals surface area contributed by atoms with Crippen molar-refractivity contribution >= 4 is 21.6 Å². The second-order valence-corrected chi connectivity index (χ2v) is 7.71. The van der Waals surface area contributed by atoms with Crippen LogP contribution < -0.4 is 10.0 Å². The van der Waals surface area contributed by atoms with Gasteiger partial charge in [-0.2, -0.15) is 0 Å². The van der Waals surface area contributed by atoms with Gasteiger partial charge >= 0.3 is 0 Å². The Bertz CT molecular complexity index is 861. The lowest BCUT2D eigenvalue weighted by atomic mass is 10.1. The minimum atomic E-state index is -3.62. The Morgan fingerprint density at radius 3 is 2.52 bits per heavy atom. The summed E-state index contributed by atoms with van der Waals surface area (Å²) in [5.74, 6) is -0.218. The lowest BCUT2D eigenvalue weighted by Gasteiger charge is -2.11. The first-order valence-electron chi connectivity index (χ1n) is 8.28. The summed E-state index contributed by atoms with van der Waals surface area (Å²) in [6.07, 6.45) is 0.887. The monoisotopic (exact) mass is 360 g/mol. The zero-order valence-corrected chi connectivity index (χ0v) is 15.6. The summed E-state index contributed by atoms with van der Waals surface area (Å²) in [6.45, 7) is 5.67. The van der Waals surface area contributed by atoms with Gasteiger partial charge in [0.2, 0.25) is 15.9 Å². The van der Waals surface area contributed by atoms with Crippen molar-refractivity contribution in [2.45, 2.75) is 38.5 Å². The number of carbonyl (C=O) groups excluding carboxylic acids is 1. The second-order valence-electron chi connectivity index (χ2n) is 5.98. The zero-order chi connectivity index (χ0) is 18.4. The average molecular weight is 360 g/mol. The predicted octanol–water partition coefficient (Wildman–Crippen LogP) is 3.17. The van der Waals surface area contributed by atoms with Gasteiger partial charge in [0.05, 0.1) is 4.90 Å². The van der Waals surface area contributed by atoms with E-state index in [1.807, 2.05) is 44.2 Å². The minimum Gasteiger partial charge on any atom is -0.326 e. The molecular formula is C19H24N2O3S. The topological polar surface area (TPSA) is 75.3 Å². The maximum atomic E-state index is 12.4. The highest BCUT2D eigenvalue weighted by Crippen LogP contribution is 2.17. The molecule has 2 aromatic carbocycles. The molecule has 6 heteroatoms. The van der Waals surface area contributed by atoms with Gasteiger partial charge in [0, 0.05) is 18.7 Å². The van der Waals surface area contributed by atoms with Gasteiger partial charge in [-0.05, 0) is 49.1 Å². The van der Waals surface area contributed by atoms with E-state index in [-0.39, 0.29) is 23.8 Å². The molecule has 0 spiro atoms. The maximum absolute atomic E-state index is 12.4. The normalized spacial score (nSPS) is 11.3. The molecule has 0 unspecified atom stereocenters. The molecule has 134 valence electrons. The zero-order valence-electron chi connectivity index (χ0n) is 14.8. The van der Waals surface area contributed by atoms with Crippen molar-refractivity contribution in [2.75, 3.05) is 11.9 Å². The van der Waals surface area contributed by atoms with Crippen LogP contribution in [0.15, 0.2) is 47.4 Å². The van der Waals surface area contributed by atoms with Crippen LogP contribution in [0.3, 0.4) is 0 Å². The molecule has 0 atom stereocenters. The van der Waals surface area contributed by atoms with Crippen LogP contribution in [0.5, 0.6) is 0 Å². The second kappa shape index (κ2) is 8.27. The van der Waals surface area contributed by atoms with Crippen LogP contribution in [0, 0.1) is 13.8 Å². The lowest BCUT2D eigenvalue weighted by Crippen LogP contribution is -2.28. The van der Waals surface area contributed by atoms with Crippen molar-refractivity contribution in [3.05, 3.63) is 59.2 Å². The van der Waals surface area contributed by atoms with Crippen LogP contribution in [0.4, 0.5) is 5.69 Å². The molecule has 0 bridgehead atoms. The molecule has 0 aromatic heterocycles. The third-order valence-corrected chi connectivity index (χ3v) is 5.55. The van der Waals surface area contributed by atoms with Crippen molar-refractivity contribution < 1.29 is 13.2 Å². The third-order valence-electron chi connectivity index (χ3n) is 3.95. The smallest absolute Gasteiger partial charge is 0.240 e. The van der Waals surface area contributed by atoms with Crippen molar-refractivity contribution in [2.24, 2.45) is 0 Å². The minimum absolute atomic E-state index is 0.0514. The molecule has 2 aromatic rings. The van der Waals surface area contributed by atoms with E-state index in [2.05, 4.69) is 10.0 Å². The number of anilines is 1. The Balaban J connectivity index is 1.95. The number of hydrogen-bond donors (Lipinski definition) is 2. The van der Waals surface area contributed by atoms with E-state index in [9.17, 15) is 13.2 Å². The van der Waals surface area contributed by atoms with Crippen LogP contribution in [0.2, 0.25) is 0 Å². The van der Waals surface area contributed by atoms with Gasteiger partial charge in [-0.3, -0.25) is 4.79 Å². The molecule has 5 nitrogen and oxygen atoms in total. The van der Waals surface area contributed by atoms with Crippen molar-refractivity contribution in [3.63, 3.8) is 0 Å². The van der Waals surface area contributed by atoms with Gasteiger partial charge in [0.15, 0.2) is 0 Å². The number of rotatable bonds is 7. The number of hydrogen-bond acceptors (Lipinski definition) is 3. The van der Waals surface area contributed by atoms with Gasteiger partial charge in [0.1, 0.15) is 0 Å². The Hall–Kier alpha value is -2.18. The highest BCUT2D eigenvalue weighted by Gasteiger charge is 2.17. The molecular weight excluding hydrogens is 336 g/mol. The number of benzene rings is 2. The highest BCUT2D eigenvalue weighted by atomic mass is 32.2. The van der Waals surface area contributed by atoms with Gasteiger partial charge < -0.3 is 5.32 Å². The van der Waals surface area contributed by atoms with E-state index in [4.69, 9.17) is 0 Å². The molecule has 0 aliphatic rings. The molecule has 0 aliphatic carbocycles. The molecule has 2 N–H and O–H groups in total. The average Bonchev–Trinajstić information content (AvgIpc) is 2.57. The van der Waals surface area contributed by atoms with Crippen molar-refractivity contribution in [1.29, 1.82) is 0 Å². The molecule has 1 amide bonds. The number of carbonyl (C=O) groups is 1. The van der Waals surface area contributed by atoms with Gasteiger partial charge in [-0.15, -0.1) is 0 Å². The van der Waals surface area contributed by atoms with E-state index in [0.29, 0.717) is 5.56 Å². The van der Waals surface area contributed by atoms with E-state index in [0.717, 1.165) is 23.2 Å². The Labute approximate surface area is 149 Å². The van der Waals surface area contributed by atoms with E-state index >= 15 is 0 Å². The van der Waals surface area contributed by atoms with E-state index < -0.39 is 10.0 Å². The quantitative estimate of drug-likeness (QED) is 0.796. The van der Waals surface area contributed by atoms with Gasteiger partial charge in [-0.25, -0.2) is 13.1 Å². The Morgan fingerprint density at radius 2 is 1.80 bits per heavy atom. The van der Waals surface area contributed by atoms with Crippen molar-refractivity contribution in [3.8, 4) is 0 Å². The van der Waals surface area contributed by atoms with Crippen molar-refractivity contribution in [1.82, 2.24) is 4.72 Å². The molecule has 0 fully saturated rings. The summed E-state index contributed by atoms with van der Waals surface area (Å²) in [4.78, 5) is 12.3. The van der Waals surface area contributed by atoms with Gasteiger partial charge in [-0.1, -0.05) is 37.3 Å². The predicted molar refractivity (Wildman–Crippen MR) is 100 cm³/mol. The molecule has 0 saturated heterocycles. The SMILES string of the molecule is CCc1ccccc1NC(=O)CCNS(=O)(=O)c1cc(C)ccc1C. The highest BCUT2D eigenvalue weighted by molar-refractivity contribution is 7.89. The fourth-order valence-electron chi connectivity index (χ4n) is 2.54. The summed E-state index contributed by atoms with van der Waals surface area (Å²) in [5, 5.41) is 2.83. The molecule has 25 heavy (non-hydrogen) atoms. The van der Waals surface area contributed by atoms with E-state index in [1.54, 1.807) is 19.1 Å². The van der Waals surface area contributed by atoms with Gasteiger partial charge in [0.25, 0.3) is 0 Å². The Morgan fingerprint density at radius 1 is 1.08 bits per heavy atom. The largest absolute Gasteiger partial charge is 0.326 e. The first kappa shape index (κ1) is 19.1. The number of aryl methyl sites for hydroxylation is 3. The summed E-state index contributed by atoms with van der Waals surface area (Å²) in [7, 11) is -3.62. The lowest BCUT2D eigenvalue weighted by molar-refractivity contribution is -0.116. The molecule has 0 radical (unpaired) electrons. The summed E-state index contributed by atoms with van der Waals surface area (Å²) >= 11 is 0. The standard InChI is InChI=1S/C19H24N2O3S/c1-4-16-7-5-6-8-17(16)21-19(22)11-12-20-25(23,24)18-13-14(2)9-10-15(18)3/h5-10,13,20H,4,11-12H2,1-3H3,(H,21,22). The fourth-order valence-corrected chi connectivity index (χ4v) is 3.90. The molecule has 0 saturated carbocycles. The maximum Gasteiger partial charge on any atom is 0.240 e. The first-order valence-corrected chi connectivity index (χ1v) is 9.76. The van der Waals surface area contributed by atoms with Crippen LogP contribution >= 0.6 is 0 Å². The summed E-state index contributed by atoms with van der Waals surface area (Å²) in [6, 6.07) is 12.9. The van der Waals surface area contributed by atoms with Crippen LogP contribution in [-0.4, -0.2) is 20.9 Å². The Kier molecular flexibility index (Phi) is 6.33. The van der Waals surface area contributed by atoms with E-state index in [1.165, 1.54) is 0 Å². The van der Waals surface area contributed by atoms with Crippen LogP contribution in [0.25, 0.3) is 0 Å². The number of para-hydroxylation sites is 1. The van der Waals surface area contributed by atoms with Crippen LogP contribution in [0.1, 0.15) is 30.0 Å². The number of amides is 1. The summed E-state index contributed by atoms with van der Waals surface area (Å²) < 4.78 is 27.3. The van der Waals surface area contributed by atoms with Crippen LogP contribution in [-0.2, 0) is 21.2 Å². The summed E-state index contributed by atoms with van der Waals surface area (Å²) in [5.41, 5.74) is 3.37. The number of nitrogens with one attached hydrogen (secondary N) is 2. The number of sulfonamides is 1. The molecule has 0 heterocycles. The first-order chi connectivity index (χ1) is 11.8. The molecule has 0 aliphatic heterocycles. The third kappa shape index (κ3) is 5.14. The molecule has 2 rings (SSSR count).